The van der Waals surface area contributed by atoms with Crippen molar-refractivity contribution >= 4 is 22.6 Å². The van der Waals surface area contributed by atoms with Crippen LogP contribution in [0.2, 0.25) is 0 Å². The number of hydrogen-bond acceptors (Lipinski definition) is 1. The van der Waals surface area contributed by atoms with Crippen molar-refractivity contribution in [1.29, 1.82) is 0 Å². The van der Waals surface area contributed by atoms with Crippen molar-refractivity contribution in [2.75, 3.05) is 0 Å². The summed E-state index contributed by atoms with van der Waals surface area (Å²) in [6, 6.07) is 3.14. The Hall–Kier alpha value is -0.160. The molecule has 0 bridgehead atoms. The van der Waals surface area contributed by atoms with Crippen LogP contribution in [0.4, 0.5) is 4.39 Å². The minimum atomic E-state index is -0.249. The lowest BCUT2D eigenvalue weighted by atomic mass is 10.1. The number of benzene rings is 1. The van der Waals surface area contributed by atoms with Crippen LogP contribution in [-0.2, 0) is 6.61 Å². The molecule has 0 amide bonds. The standard InChI is InChI=1S/C8H8FIO/c1-5-7(9)2-6(4-11)3-8(5)10/h2-3,11H,4H2,1H3. The second kappa shape index (κ2) is 3.49. The zero-order valence-electron chi connectivity index (χ0n) is 6.06. The van der Waals surface area contributed by atoms with Crippen LogP contribution in [0.1, 0.15) is 11.1 Å². The van der Waals surface area contributed by atoms with E-state index in [1.807, 2.05) is 22.6 Å². The van der Waals surface area contributed by atoms with Crippen molar-refractivity contribution in [3.05, 3.63) is 32.6 Å². The minimum absolute atomic E-state index is 0.104. The number of rotatable bonds is 1. The highest BCUT2D eigenvalue weighted by atomic mass is 127. The number of aliphatic hydroxyl groups is 1. The van der Waals surface area contributed by atoms with Crippen molar-refractivity contribution in [3.8, 4) is 0 Å². The summed E-state index contributed by atoms with van der Waals surface area (Å²) in [5, 5.41) is 8.71. The summed E-state index contributed by atoms with van der Waals surface area (Å²) in [5.74, 6) is -0.249. The Labute approximate surface area is 78.4 Å². The van der Waals surface area contributed by atoms with Crippen LogP contribution in [0.3, 0.4) is 0 Å². The van der Waals surface area contributed by atoms with E-state index < -0.39 is 0 Å². The number of halogens is 2. The number of hydrogen-bond donors (Lipinski definition) is 1. The molecule has 0 saturated heterocycles. The van der Waals surface area contributed by atoms with Crippen LogP contribution >= 0.6 is 22.6 Å². The molecule has 60 valence electrons. The average Bonchev–Trinajstić information content (AvgIpc) is 1.99. The van der Waals surface area contributed by atoms with E-state index in [0.29, 0.717) is 11.1 Å². The predicted molar refractivity (Wildman–Crippen MR) is 49.8 cm³/mol. The maximum Gasteiger partial charge on any atom is 0.127 e. The molecule has 0 fully saturated rings. The molecule has 0 saturated carbocycles. The van der Waals surface area contributed by atoms with Crippen molar-refractivity contribution < 1.29 is 9.50 Å². The van der Waals surface area contributed by atoms with Crippen LogP contribution in [0, 0.1) is 16.3 Å². The molecule has 1 N–H and O–H groups in total. The van der Waals surface area contributed by atoms with Crippen molar-refractivity contribution in [2.45, 2.75) is 13.5 Å². The van der Waals surface area contributed by atoms with Gasteiger partial charge in [-0.1, -0.05) is 0 Å². The van der Waals surface area contributed by atoms with Gasteiger partial charge in [-0.05, 0) is 52.8 Å². The fraction of sp³-hybridized carbons (Fsp3) is 0.250. The fourth-order valence-corrected chi connectivity index (χ4v) is 1.45. The van der Waals surface area contributed by atoms with Crippen LogP contribution in [0.15, 0.2) is 12.1 Å². The van der Waals surface area contributed by atoms with Gasteiger partial charge in [0, 0.05) is 3.57 Å². The van der Waals surface area contributed by atoms with Gasteiger partial charge in [0.05, 0.1) is 6.61 Å². The molecular formula is C8H8FIO. The summed E-state index contributed by atoms with van der Waals surface area (Å²) in [5.41, 5.74) is 1.26. The normalized spacial score (nSPS) is 10.2. The molecule has 0 aromatic heterocycles. The Morgan fingerprint density at radius 3 is 2.64 bits per heavy atom. The molecule has 11 heavy (non-hydrogen) atoms. The third-order valence-electron chi connectivity index (χ3n) is 1.52. The van der Waals surface area contributed by atoms with Gasteiger partial charge in [0.1, 0.15) is 5.82 Å². The molecule has 0 radical (unpaired) electrons. The fourth-order valence-electron chi connectivity index (χ4n) is 0.789. The molecule has 0 unspecified atom stereocenters. The van der Waals surface area contributed by atoms with E-state index in [9.17, 15) is 4.39 Å². The van der Waals surface area contributed by atoms with Gasteiger partial charge in [0.2, 0.25) is 0 Å². The van der Waals surface area contributed by atoms with E-state index in [4.69, 9.17) is 5.11 Å². The van der Waals surface area contributed by atoms with Gasteiger partial charge < -0.3 is 5.11 Å². The van der Waals surface area contributed by atoms with Gasteiger partial charge in [-0.3, -0.25) is 0 Å². The molecule has 0 heterocycles. The zero-order chi connectivity index (χ0) is 8.43. The molecule has 3 heteroatoms. The first-order chi connectivity index (χ1) is 5.15. The summed E-state index contributed by atoms with van der Waals surface area (Å²) < 4.78 is 13.8. The lowest BCUT2D eigenvalue weighted by Crippen LogP contribution is -1.91. The second-order valence-electron chi connectivity index (χ2n) is 2.34. The van der Waals surface area contributed by atoms with E-state index >= 15 is 0 Å². The van der Waals surface area contributed by atoms with Gasteiger partial charge in [-0.15, -0.1) is 0 Å². The van der Waals surface area contributed by atoms with Crippen molar-refractivity contribution in [2.24, 2.45) is 0 Å². The van der Waals surface area contributed by atoms with Crippen LogP contribution < -0.4 is 0 Å². The molecule has 1 aromatic rings. The summed E-state index contributed by atoms with van der Waals surface area (Å²) in [6.45, 7) is 1.62. The highest BCUT2D eigenvalue weighted by Gasteiger charge is 2.03. The summed E-state index contributed by atoms with van der Waals surface area (Å²) in [4.78, 5) is 0. The third-order valence-corrected chi connectivity index (χ3v) is 2.64. The first kappa shape index (κ1) is 8.93. The topological polar surface area (TPSA) is 20.2 Å². The molecule has 1 rings (SSSR count). The van der Waals surface area contributed by atoms with E-state index in [0.717, 1.165) is 3.57 Å². The van der Waals surface area contributed by atoms with Crippen molar-refractivity contribution in [1.82, 2.24) is 0 Å². The molecule has 0 aliphatic heterocycles. The van der Waals surface area contributed by atoms with E-state index in [2.05, 4.69) is 0 Å². The Morgan fingerprint density at radius 1 is 1.55 bits per heavy atom. The third kappa shape index (κ3) is 1.90. The molecular weight excluding hydrogens is 258 g/mol. The summed E-state index contributed by atoms with van der Waals surface area (Å²) >= 11 is 2.05. The van der Waals surface area contributed by atoms with Crippen LogP contribution in [0.5, 0.6) is 0 Å². The monoisotopic (exact) mass is 266 g/mol. The average molecular weight is 266 g/mol. The highest BCUT2D eigenvalue weighted by Crippen LogP contribution is 2.17. The van der Waals surface area contributed by atoms with Gasteiger partial charge in [-0.25, -0.2) is 4.39 Å². The Morgan fingerprint density at radius 2 is 2.18 bits per heavy atom. The van der Waals surface area contributed by atoms with Crippen LogP contribution in [-0.4, -0.2) is 5.11 Å². The smallest absolute Gasteiger partial charge is 0.127 e. The molecule has 1 nitrogen and oxygen atoms in total. The van der Waals surface area contributed by atoms with Gasteiger partial charge >= 0.3 is 0 Å². The minimum Gasteiger partial charge on any atom is -0.392 e. The molecule has 0 spiro atoms. The second-order valence-corrected chi connectivity index (χ2v) is 3.50. The quantitative estimate of drug-likeness (QED) is 0.773. The Kier molecular flexibility index (Phi) is 2.84. The maximum atomic E-state index is 12.9. The first-order valence-electron chi connectivity index (χ1n) is 3.20. The molecule has 0 aliphatic carbocycles. The highest BCUT2D eigenvalue weighted by molar-refractivity contribution is 14.1. The first-order valence-corrected chi connectivity index (χ1v) is 4.28. The lowest BCUT2D eigenvalue weighted by molar-refractivity contribution is 0.281. The van der Waals surface area contributed by atoms with E-state index in [1.54, 1.807) is 13.0 Å². The van der Waals surface area contributed by atoms with Gasteiger partial charge in [0.15, 0.2) is 0 Å². The zero-order valence-corrected chi connectivity index (χ0v) is 8.22. The lowest BCUT2D eigenvalue weighted by Gasteiger charge is -2.02. The Balaban J connectivity index is 3.21. The van der Waals surface area contributed by atoms with Gasteiger partial charge in [-0.2, -0.15) is 0 Å². The molecule has 1 aromatic carbocycles. The SMILES string of the molecule is Cc1c(F)cc(CO)cc1I. The van der Waals surface area contributed by atoms with E-state index in [1.165, 1.54) is 6.07 Å². The summed E-state index contributed by atoms with van der Waals surface area (Å²) in [7, 11) is 0. The summed E-state index contributed by atoms with van der Waals surface area (Å²) in [6.07, 6.45) is 0. The van der Waals surface area contributed by atoms with Crippen LogP contribution in [0.25, 0.3) is 0 Å². The number of aliphatic hydroxyl groups excluding tert-OH is 1. The largest absolute Gasteiger partial charge is 0.392 e. The Bertz CT molecular complexity index is 250. The van der Waals surface area contributed by atoms with Crippen molar-refractivity contribution in [3.63, 3.8) is 0 Å². The predicted octanol–water partition coefficient (Wildman–Crippen LogP) is 2.23. The molecule has 0 atom stereocenters. The molecule has 0 aliphatic rings. The van der Waals surface area contributed by atoms with E-state index in [-0.39, 0.29) is 12.4 Å². The van der Waals surface area contributed by atoms with Gasteiger partial charge in [0.25, 0.3) is 0 Å². The maximum absolute atomic E-state index is 12.9.